The molecule has 1 atom stereocenters. The molecular formula is C45H48O10S2. The highest BCUT2D eigenvalue weighted by atomic mass is 32.3. The molecule has 0 spiro atoms. The van der Waals surface area contributed by atoms with Gasteiger partial charge in [-0.25, -0.2) is 4.79 Å². The van der Waals surface area contributed by atoms with Gasteiger partial charge in [0.2, 0.25) is 0 Å². The quantitative estimate of drug-likeness (QED) is 0.0744. The standard InChI is InChI=1S/C45H48O10S2/c1-9-42(3,4)51-35-23-15-31(16-24-35)44(7,8)32-17-25-37(26-18-32)54-57(49,50)55-38-29-21-34(22-30-38)45(40-14-12-11-13-39(40)41(46)52-45)33-19-27-36(28-20-33)53-56(47,48)43(5,6)10-2/h11-30H,9-10H2,1-8H3. The van der Waals surface area contributed by atoms with Gasteiger partial charge in [0.25, 0.3) is 0 Å². The van der Waals surface area contributed by atoms with Crippen LogP contribution in [0.2, 0.25) is 0 Å². The molecule has 10 nitrogen and oxygen atoms in total. The number of rotatable bonds is 15. The van der Waals surface area contributed by atoms with E-state index in [2.05, 4.69) is 20.8 Å². The molecular weight excluding hydrogens is 765 g/mol. The van der Waals surface area contributed by atoms with Crippen LogP contribution in [-0.2, 0) is 36.3 Å². The van der Waals surface area contributed by atoms with Gasteiger partial charge in [-0.1, -0.05) is 94.4 Å². The van der Waals surface area contributed by atoms with Crippen molar-refractivity contribution in [1.82, 2.24) is 0 Å². The van der Waals surface area contributed by atoms with Crippen LogP contribution in [0.4, 0.5) is 0 Å². The number of benzene rings is 5. The van der Waals surface area contributed by atoms with Crippen LogP contribution in [0.15, 0.2) is 121 Å². The summed E-state index contributed by atoms with van der Waals surface area (Å²) in [7, 11) is -8.51. The highest BCUT2D eigenvalue weighted by Gasteiger charge is 2.48. The maximum absolute atomic E-state index is 13.2. The first-order chi connectivity index (χ1) is 26.7. The number of carbonyl (C=O) groups excluding carboxylic acids is 1. The number of hydrogen-bond donors (Lipinski definition) is 0. The molecule has 0 bridgehead atoms. The number of carbonyl (C=O) groups is 1. The largest absolute Gasteiger partial charge is 0.500 e. The van der Waals surface area contributed by atoms with Crippen molar-refractivity contribution in [1.29, 1.82) is 0 Å². The Morgan fingerprint density at radius 2 is 1.00 bits per heavy atom. The second-order valence-corrected chi connectivity index (χ2v) is 19.1. The molecule has 0 saturated carbocycles. The molecule has 0 radical (unpaired) electrons. The zero-order chi connectivity index (χ0) is 41.4. The summed E-state index contributed by atoms with van der Waals surface area (Å²) in [5.74, 6) is 0.381. The molecule has 0 amide bonds. The van der Waals surface area contributed by atoms with Gasteiger partial charge in [0.15, 0.2) is 5.60 Å². The third kappa shape index (κ3) is 8.38. The Morgan fingerprint density at radius 3 is 1.47 bits per heavy atom. The molecule has 5 aromatic carbocycles. The van der Waals surface area contributed by atoms with Crippen molar-refractivity contribution in [3.05, 3.63) is 155 Å². The van der Waals surface area contributed by atoms with Crippen molar-refractivity contribution >= 4 is 26.5 Å². The highest BCUT2D eigenvalue weighted by Crippen LogP contribution is 2.47. The Bertz CT molecular complexity index is 2450. The number of esters is 1. The third-order valence-electron chi connectivity index (χ3n) is 10.8. The predicted octanol–water partition coefficient (Wildman–Crippen LogP) is 9.64. The minimum absolute atomic E-state index is 0.0356. The van der Waals surface area contributed by atoms with Crippen molar-refractivity contribution in [2.24, 2.45) is 0 Å². The first kappa shape index (κ1) is 41.3. The van der Waals surface area contributed by atoms with Crippen LogP contribution < -0.4 is 17.3 Å². The van der Waals surface area contributed by atoms with E-state index in [9.17, 15) is 21.6 Å². The second-order valence-electron chi connectivity index (χ2n) is 15.8. The first-order valence-corrected chi connectivity index (χ1v) is 21.5. The molecule has 1 heterocycles. The summed E-state index contributed by atoms with van der Waals surface area (Å²) in [5, 5.41) is 0. The second kappa shape index (κ2) is 15.2. The number of fused-ring (bicyclic) bond motifs is 1. The molecule has 5 aromatic rings. The van der Waals surface area contributed by atoms with Crippen molar-refractivity contribution in [2.75, 3.05) is 0 Å². The minimum Gasteiger partial charge on any atom is -0.488 e. The van der Waals surface area contributed by atoms with Crippen LogP contribution in [0.1, 0.15) is 106 Å². The van der Waals surface area contributed by atoms with Gasteiger partial charge in [-0.3, -0.25) is 0 Å². The molecule has 300 valence electrons. The smallest absolute Gasteiger partial charge is 0.488 e. The van der Waals surface area contributed by atoms with E-state index >= 15 is 0 Å². The van der Waals surface area contributed by atoms with Gasteiger partial charge in [-0.05, 0) is 106 Å². The van der Waals surface area contributed by atoms with Gasteiger partial charge in [0.05, 0.1) is 5.56 Å². The van der Waals surface area contributed by atoms with E-state index < -0.39 is 42.2 Å². The van der Waals surface area contributed by atoms with Crippen molar-refractivity contribution < 1.29 is 43.7 Å². The topological polar surface area (TPSA) is 132 Å². The summed E-state index contributed by atoms with van der Waals surface area (Å²) in [6, 6.07) is 34.0. The monoisotopic (exact) mass is 812 g/mol. The molecule has 0 aliphatic carbocycles. The molecule has 1 aliphatic heterocycles. The molecule has 0 saturated heterocycles. The summed E-state index contributed by atoms with van der Waals surface area (Å²) in [6.45, 7) is 15.3. The van der Waals surface area contributed by atoms with Gasteiger partial charge in [0.1, 0.15) is 33.3 Å². The van der Waals surface area contributed by atoms with Crippen molar-refractivity contribution in [2.45, 2.75) is 89.6 Å². The van der Waals surface area contributed by atoms with Gasteiger partial charge < -0.3 is 22.0 Å². The van der Waals surface area contributed by atoms with Crippen LogP contribution in [0.25, 0.3) is 0 Å². The van der Waals surface area contributed by atoms with E-state index in [4.69, 9.17) is 22.0 Å². The molecule has 0 fully saturated rings. The number of hydrogen-bond acceptors (Lipinski definition) is 10. The zero-order valence-electron chi connectivity index (χ0n) is 33.4. The van der Waals surface area contributed by atoms with E-state index in [-0.39, 0.29) is 22.8 Å². The fourth-order valence-electron chi connectivity index (χ4n) is 6.40. The molecule has 1 aliphatic rings. The fourth-order valence-corrected chi connectivity index (χ4v) is 8.07. The molecule has 6 rings (SSSR count). The number of ether oxygens (including phenoxy) is 2. The van der Waals surface area contributed by atoms with Crippen molar-refractivity contribution in [3.8, 4) is 23.0 Å². The van der Waals surface area contributed by atoms with E-state index in [1.807, 2.05) is 50.2 Å². The van der Waals surface area contributed by atoms with Gasteiger partial charge in [-0.15, -0.1) is 8.42 Å². The van der Waals surface area contributed by atoms with E-state index in [0.717, 1.165) is 23.3 Å². The lowest BCUT2D eigenvalue weighted by atomic mass is 9.78. The molecule has 12 heteroatoms. The highest BCUT2D eigenvalue weighted by molar-refractivity contribution is 7.88. The number of cyclic esters (lactones) is 1. The van der Waals surface area contributed by atoms with Gasteiger partial charge >= 0.3 is 26.5 Å². The fraction of sp³-hybridized carbons (Fsp3) is 0.311. The van der Waals surface area contributed by atoms with E-state index in [1.165, 1.54) is 24.3 Å². The summed E-state index contributed by atoms with van der Waals surface area (Å²) in [4.78, 5) is 13.2. The Balaban J connectivity index is 1.20. The third-order valence-corrected chi connectivity index (χ3v) is 13.7. The molecule has 57 heavy (non-hydrogen) atoms. The van der Waals surface area contributed by atoms with E-state index in [1.54, 1.807) is 81.4 Å². The Labute approximate surface area is 336 Å². The summed E-state index contributed by atoms with van der Waals surface area (Å²) < 4.78 is 79.2. The van der Waals surface area contributed by atoms with Crippen molar-refractivity contribution in [3.63, 3.8) is 0 Å². The maximum Gasteiger partial charge on any atom is 0.500 e. The molecule has 1 unspecified atom stereocenters. The Kier molecular flexibility index (Phi) is 11.0. The molecule has 0 N–H and O–H groups in total. The summed E-state index contributed by atoms with van der Waals surface area (Å²) >= 11 is 0. The summed E-state index contributed by atoms with van der Waals surface area (Å²) in [5.41, 5.74) is 1.81. The average molecular weight is 813 g/mol. The first-order valence-electron chi connectivity index (χ1n) is 18.7. The van der Waals surface area contributed by atoms with Crippen LogP contribution in [0.3, 0.4) is 0 Å². The van der Waals surface area contributed by atoms with Crippen LogP contribution >= 0.6 is 0 Å². The van der Waals surface area contributed by atoms with Crippen LogP contribution in [0.5, 0.6) is 23.0 Å². The lowest BCUT2D eigenvalue weighted by Crippen LogP contribution is -2.34. The predicted molar refractivity (Wildman–Crippen MR) is 219 cm³/mol. The average Bonchev–Trinajstić information content (AvgIpc) is 3.48. The van der Waals surface area contributed by atoms with Crippen LogP contribution in [0, 0.1) is 0 Å². The molecule has 0 aromatic heterocycles. The SMILES string of the molecule is CCC(C)(C)Oc1ccc(C(C)(C)c2ccc(OS(=O)(=O)Oc3ccc(C4(c5ccc(OS(=O)(=O)C(C)(C)CC)cc5)OC(=O)c5ccccc54)cc3)cc2)cc1. The summed E-state index contributed by atoms with van der Waals surface area (Å²) in [6.07, 6.45) is 1.23. The normalized spacial score (nSPS) is 16.0. The lowest BCUT2D eigenvalue weighted by Gasteiger charge is -2.30. The van der Waals surface area contributed by atoms with Gasteiger partial charge in [0, 0.05) is 22.1 Å². The lowest BCUT2D eigenvalue weighted by molar-refractivity contribution is 0.0251. The maximum atomic E-state index is 13.2. The Hall–Kier alpha value is -5.33. The van der Waals surface area contributed by atoms with E-state index in [0.29, 0.717) is 28.7 Å². The zero-order valence-corrected chi connectivity index (χ0v) is 35.0. The van der Waals surface area contributed by atoms with Gasteiger partial charge in [-0.2, -0.15) is 8.42 Å². The Morgan fingerprint density at radius 1 is 0.561 bits per heavy atom. The van der Waals surface area contributed by atoms with Crippen LogP contribution in [-0.4, -0.2) is 33.2 Å². The minimum atomic E-state index is -4.56.